The van der Waals surface area contributed by atoms with Crippen molar-refractivity contribution in [1.29, 1.82) is 0 Å². The Morgan fingerprint density at radius 2 is 2.17 bits per heavy atom. The first kappa shape index (κ1) is 16.6. The second-order valence-electron chi connectivity index (χ2n) is 6.70. The van der Waals surface area contributed by atoms with E-state index in [1.807, 2.05) is 24.3 Å². The van der Waals surface area contributed by atoms with Crippen LogP contribution in [0.5, 0.6) is 11.5 Å². The molecule has 0 unspecified atom stereocenters. The van der Waals surface area contributed by atoms with E-state index in [1.165, 1.54) is 12.8 Å². The summed E-state index contributed by atoms with van der Waals surface area (Å²) in [7, 11) is 0. The number of aliphatic hydroxyl groups is 1. The number of benzene rings is 1. The van der Waals surface area contributed by atoms with Gasteiger partial charge in [-0.05, 0) is 37.4 Å². The molecule has 0 bridgehead atoms. The van der Waals surface area contributed by atoms with Gasteiger partial charge in [0.15, 0.2) is 17.6 Å². The van der Waals surface area contributed by atoms with Gasteiger partial charge in [-0.15, -0.1) is 0 Å². The van der Waals surface area contributed by atoms with Crippen LogP contribution < -0.4 is 9.47 Å². The van der Waals surface area contributed by atoms with Crippen molar-refractivity contribution in [2.45, 2.75) is 32.0 Å². The summed E-state index contributed by atoms with van der Waals surface area (Å²) in [5.74, 6) is 2.27. The van der Waals surface area contributed by atoms with E-state index in [9.17, 15) is 5.11 Å². The van der Waals surface area contributed by atoms with Crippen molar-refractivity contribution in [3.63, 3.8) is 0 Å². The minimum Gasteiger partial charge on any atom is -0.486 e. The van der Waals surface area contributed by atoms with E-state index in [1.54, 1.807) is 0 Å². The zero-order chi connectivity index (χ0) is 16.1. The Morgan fingerprint density at radius 1 is 1.35 bits per heavy atom. The number of hydrogen-bond acceptors (Lipinski definition) is 5. The smallest absolute Gasteiger partial charge is 0.161 e. The molecule has 1 aromatic rings. The molecule has 128 valence electrons. The molecule has 5 nitrogen and oxygen atoms in total. The van der Waals surface area contributed by atoms with Crippen molar-refractivity contribution >= 4 is 0 Å². The van der Waals surface area contributed by atoms with Crippen molar-refractivity contribution < 1.29 is 19.3 Å². The number of fused-ring (bicyclic) bond motifs is 1. The summed E-state index contributed by atoms with van der Waals surface area (Å²) in [6, 6.07) is 7.65. The van der Waals surface area contributed by atoms with Crippen LogP contribution >= 0.6 is 0 Å². The SMILES string of the molecule is C[C@@H]1CCCN(C[C@H](O)COC[C@H]2COc3ccccc3O2)C1. The van der Waals surface area contributed by atoms with E-state index in [4.69, 9.17) is 14.2 Å². The van der Waals surface area contributed by atoms with Crippen LogP contribution in [0.2, 0.25) is 0 Å². The van der Waals surface area contributed by atoms with Crippen LogP contribution in [0.3, 0.4) is 0 Å². The number of para-hydroxylation sites is 2. The van der Waals surface area contributed by atoms with E-state index < -0.39 is 6.10 Å². The molecule has 3 atom stereocenters. The molecule has 0 aliphatic carbocycles. The van der Waals surface area contributed by atoms with E-state index in [0.717, 1.165) is 30.5 Å². The molecule has 1 N–H and O–H groups in total. The van der Waals surface area contributed by atoms with Crippen molar-refractivity contribution in [2.24, 2.45) is 5.92 Å². The first-order valence-electron chi connectivity index (χ1n) is 8.57. The van der Waals surface area contributed by atoms with Gasteiger partial charge in [0, 0.05) is 13.1 Å². The number of piperidine rings is 1. The topological polar surface area (TPSA) is 51.2 Å². The van der Waals surface area contributed by atoms with Crippen LogP contribution in [0.1, 0.15) is 19.8 Å². The second kappa shape index (κ2) is 7.99. The Kier molecular flexibility index (Phi) is 5.75. The number of hydrogen-bond donors (Lipinski definition) is 1. The first-order valence-corrected chi connectivity index (χ1v) is 8.57. The average Bonchev–Trinajstić information content (AvgIpc) is 2.55. The van der Waals surface area contributed by atoms with Gasteiger partial charge >= 0.3 is 0 Å². The highest BCUT2D eigenvalue weighted by Gasteiger charge is 2.22. The summed E-state index contributed by atoms with van der Waals surface area (Å²) < 4.78 is 17.1. The predicted molar refractivity (Wildman–Crippen MR) is 88.0 cm³/mol. The van der Waals surface area contributed by atoms with Crippen molar-refractivity contribution in [2.75, 3.05) is 39.5 Å². The number of likely N-dealkylation sites (tertiary alicyclic amines) is 1. The number of rotatable bonds is 6. The van der Waals surface area contributed by atoms with Crippen LogP contribution in [0.15, 0.2) is 24.3 Å². The summed E-state index contributed by atoms with van der Waals surface area (Å²) in [5, 5.41) is 10.1. The highest BCUT2D eigenvalue weighted by atomic mass is 16.6. The summed E-state index contributed by atoms with van der Waals surface area (Å²) in [5.41, 5.74) is 0. The van der Waals surface area contributed by atoms with Gasteiger partial charge in [-0.1, -0.05) is 19.1 Å². The first-order chi connectivity index (χ1) is 11.2. The van der Waals surface area contributed by atoms with Gasteiger partial charge in [-0.3, -0.25) is 0 Å². The fourth-order valence-electron chi connectivity index (χ4n) is 3.28. The maximum absolute atomic E-state index is 10.1. The molecule has 1 fully saturated rings. The lowest BCUT2D eigenvalue weighted by Gasteiger charge is -2.32. The van der Waals surface area contributed by atoms with Crippen LogP contribution in [-0.4, -0.2) is 61.7 Å². The minimum atomic E-state index is -0.447. The van der Waals surface area contributed by atoms with E-state index in [-0.39, 0.29) is 6.10 Å². The van der Waals surface area contributed by atoms with E-state index in [2.05, 4.69) is 11.8 Å². The summed E-state index contributed by atoms with van der Waals surface area (Å²) >= 11 is 0. The zero-order valence-electron chi connectivity index (χ0n) is 13.8. The molecule has 2 heterocycles. The standard InChI is InChI=1S/C18H27NO4/c1-14-5-4-8-19(9-14)10-15(20)11-21-12-16-13-22-17-6-2-3-7-18(17)23-16/h2-3,6-7,14-16,20H,4-5,8-13H2,1H3/t14-,15+,16+/m1/s1. The Balaban J connectivity index is 1.35. The lowest BCUT2D eigenvalue weighted by molar-refractivity contribution is -0.0313. The molecule has 2 aliphatic heterocycles. The lowest BCUT2D eigenvalue weighted by atomic mass is 10.0. The van der Waals surface area contributed by atoms with Gasteiger partial charge in [-0.25, -0.2) is 0 Å². The number of nitrogens with zero attached hydrogens (tertiary/aromatic N) is 1. The predicted octanol–water partition coefficient (Wildman–Crippen LogP) is 1.94. The number of aliphatic hydroxyl groups excluding tert-OH is 1. The van der Waals surface area contributed by atoms with Gasteiger partial charge in [-0.2, -0.15) is 0 Å². The average molecular weight is 321 g/mol. The maximum Gasteiger partial charge on any atom is 0.161 e. The Bertz CT molecular complexity index is 496. The second-order valence-corrected chi connectivity index (χ2v) is 6.70. The highest BCUT2D eigenvalue weighted by molar-refractivity contribution is 5.40. The monoisotopic (exact) mass is 321 g/mol. The largest absolute Gasteiger partial charge is 0.486 e. The van der Waals surface area contributed by atoms with E-state index >= 15 is 0 Å². The normalized spacial score (nSPS) is 26.0. The Hall–Kier alpha value is -1.30. The lowest BCUT2D eigenvalue weighted by Crippen LogP contribution is -2.41. The third-order valence-corrected chi connectivity index (χ3v) is 4.39. The molecule has 5 heteroatoms. The van der Waals surface area contributed by atoms with Crippen molar-refractivity contribution in [1.82, 2.24) is 4.90 Å². The number of ether oxygens (including phenoxy) is 3. The molecular weight excluding hydrogens is 294 g/mol. The maximum atomic E-state index is 10.1. The van der Waals surface area contributed by atoms with Crippen LogP contribution in [0.4, 0.5) is 0 Å². The number of β-amino-alcohol motifs (C(OH)–C–C–N with tert-alkyl or cyclic N) is 1. The van der Waals surface area contributed by atoms with Gasteiger partial charge < -0.3 is 24.2 Å². The van der Waals surface area contributed by atoms with Crippen LogP contribution in [0.25, 0.3) is 0 Å². The molecule has 2 aliphatic rings. The van der Waals surface area contributed by atoms with Gasteiger partial charge in [0.25, 0.3) is 0 Å². The van der Waals surface area contributed by atoms with Crippen molar-refractivity contribution in [3.05, 3.63) is 24.3 Å². The Labute approximate surface area is 138 Å². The molecule has 0 radical (unpaired) electrons. The minimum absolute atomic E-state index is 0.118. The molecule has 23 heavy (non-hydrogen) atoms. The van der Waals surface area contributed by atoms with Gasteiger partial charge in [0.2, 0.25) is 0 Å². The third-order valence-electron chi connectivity index (χ3n) is 4.39. The van der Waals surface area contributed by atoms with Crippen LogP contribution in [0, 0.1) is 5.92 Å². The van der Waals surface area contributed by atoms with Crippen molar-refractivity contribution in [3.8, 4) is 11.5 Å². The molecule has 0 saturated carbocycles. The Morgan fingerprint density at radius 3 is 3.00 bits per heavy atom. The summed E-state index contributed by atoms with van der Waals surface area (Å²) in [6.45, 7) is 6.37. The molecule has 1 aromatic carbocycles. The summed E-state index contributed by atoms with van der Waals surface area (Å²) in [6.07, 6.45) is 1.95. The molecule has 0 amide bonds. The van der Waals surface area contributed by atoms with E-state index in [0.29, 0.717) is 26.4 Å². The van der Waals surface area contributed by atoms with Gasteiger partial charge in [0.05, 0.1) is 19.3 Å². The third kappa shape index (κ3) is 4.83. The molecule has 0 aromatic heterocycles. The molecule has 0 spiro atoms. The summed E-state index contributed by atoms with van der Waals surface area (Å²) in [4.78, 5) is 2.33. The fourth-order valence-corrected chi connectivity index (χ4v) is 3.28. The highest BCUT2D eigenvalue weighted by Crippen LogP contribution is 2.30. The quantitative estimate of drug-likeness (QED) is 0.868. The molecule has 3 rings (SSSR count). The van der Waals surface area contributed by atoms with Crippen LogP contribution in [-0.2, 0) is 4.74 Å². The molecule has 1 saturated heterocycles. The van der Waals surface area contributed by atoms with Gasteiger partial charge in [0.1, 0.15) is 6.61 Å². The molecular formula is C18H27NO4. The zero-order valence-corrected chi connectivity index (χ0v) is 13.8. The fraction of sp³-hybridized carbons (Fsp3) is 0.667.